The van der Waals surface area contributed by atoms with Gasteiger partial charge in [-0.05, 0) is 80.7 Å². The van der Waals surface area contributed by atoms with Gasteiger partial charge in [-0.25, -0.2) is 4.39 Å². The van der Waals surface area contributed by atoms with Gasteiger partial charge in [-0.2, -0.15) is 0 Å². The summed E-state index contributed by atoms with van der Waals surface area (Å²) in [6.07, 6.45) is 4.29. The second kappa shape index (κ2) is 9.82. The van der Waals surface area contributed by atoms with Gasteiger partial charge in [0.05, 0.1) is 0 Å². The van der Waals surface area contributed by atoms with E-state index in [1.165, 1.54) is 31.4 Å². The molecule has 1 N–H and O–H groups in total. The summed E-state index contributed by atoms with van der Waals surface area (Å²) in [6, 6.07) is 10.1. The van der Waals surface area contributed by atoms with Crippen LogP contribution < -0.4 is 5.56 Å². The summed E-state index contributed by atoms with van der Waals surface area (Å²) in [4.78, 5) is 34.4. The Kier molecular flexibility index (Phi) is 6.60. The number of carbonyl (C=O) groups is 1. The van der Waals surface area contributed by atoms with E-state index in [0.29, 0.717) is 42.9 Å². The first-order valence-electron chi connectivity index (χ1n) is 12.6. The second-order valence-electron chi connectivity index (χ2n) is 9.89. The van der Waals surface area contributed by atoms with Crippen LogP contribution >= 0.6 is 0 Å². The molecule has 35 heavy (non-hydrogen) atoms. The molecule has 1 saturated heterocycles. The highest BCUT2D eigenvalue weighted by Gasteiger charge is 2.27. The van der Waals surface area contributed by atoms with Crippen LogP contribution in [0.2, 0.25) is 0 Å². The van der Waals surface area contributed by atoms with Gasteiger partial charge < -0.3 is 19.4 Å². The molecule has 1 aromatic carbocycles. The number of pyridine rings is 1. The van der Waals surface area contributed by atoms with Gasteiger partial charge in [0.15, 0.2) is 0 Å². The Morgan fingerprint density at radius 1 is 1.03 bits per heavy atom. The van der Waals surface area contributed by atoms with Crippen LogP contribution in [0.3, 0.4) is 0 Å². The van der Waals surface area contributed by atoms with E-state index in [-0.39, 0.29) is 17.3 Å². The number of H-pyrrole nitrogens is 1. The van der Waals surface area contributed by atoms with Gasteiger partial charge in [-0.1, -0.05) is 18.6 Å². The molecule has 2 aromatic heterocycles. The van der Waals surface area contributed by atoms with Crippen molar-refractivity contribution < 1.29 is 9.18 Å². The standard InChI is InChI=1S/C28H33FN4O2/c1-19-15-20(2)30-26(19)28(35)32-12-9-25-22(18-32)17-24(21-7-6-8-23(29)16-21)27(34)33(25)14-13-31-10-4-3-5-11-31/h6-8,15-17,30H,3-5,9-14,18H2,1-2H3. The molecule has 2 aliphatic heterocycles. The Hall–Kier alpha value is -3.19. The number of hydrogen-bond donors (Lipinski definition) is 1. The van der Waals surface area contributed by atoms with Crippen molar-refractivity contribution in [1.29, 1.82) is 0 Å². The minimum atomic E-state index is -0.367. The molecule has 0 aliphatic carbocycles. The molecule has 0 bridgehead atoms. The van der Waals surface area contributed by atoms with Crippen molar-refractivity contribution in [2.45, 2.75) is 52.6 Å². The maximum atomic E-state index is 14.0. The average Bonchev–Trinajstić information content (AvgIpc) is 3.20. The van der Waals surface area contributed by atoms with E-state index >= 15 is 0 Å². The predicted octanol–water partition coefficient (Wildman–Crippen LogP) is 4.28. The number of aryl methyl sites for hydroxylation is 2. The van der Waals surface area contributed by atoms with Crippen molar-refractivity contribution >= 4 is 5.91 Å². The fourth-order valence-electron chi connectivity index (χ4n) is 5.52. The largest absolute Gasteiger partial charge is 0.354 e. The lowest BCUT2D eigenvalue weighted by atomic mass is 9.98. The van der Waals surface area contributed by atoms with Crippen molar-refractivity contribution in [2.75, 3.05) is 26.2 Å². The number of nitrogens with one attached hydrogen (secondary N) is 1. The summed E-state index contributed by atoms with van der Waals surface area (Å²) in [6.45, 7) is 8.44. The first-order valence-corrected chi connectivity index (χ1v) is 12.6. The average molecular weight is 477 g/mol. The van der Waals surface area contributed by atoms with Gasteiger partial charge in [0.2, 0.25) is 0 Å². The number of aromatic amines is 1. The monoisotopic (exact) mass is 476 g/mol. The van der Waals surface area contributed by atoms with Gasteiger partial charge in [0.1, 0.15) is 11.5 Å². The summed E-state index contributed by atoms with van der Waals surface area (Å²) in [5.74, 6) is -0.395. The highest BCUT2D eigenvalue weighted by Crippen LogP contribution is 2.26. The molecule has 184 valence electrons. The summed E-state index contributed by atoms with van der Waals surface area (Å²) in [5, 5.41) is 0. The molecular weight excluding hydrogens is 443 g/mol. The summed E-state index contributed by atoms with van der Waals surface area (Å²) >= 11 is 0. The number of aromatic nitrogens is 2. The number of hydrogen-bond acceptors (Lipinski definition) is 3. The fourth-order valence-corrected chi connectivity index (χ4v) is 5.52. The molecule has 3 aromatic rings. The van der Waals surface area contributed by atoms with E-state index in [9.17, 15) is 14.0 Å². The number of likely N-dealkylation sites (tertiary alicyclic amines) is 1. The van der Waals surface area contributed by atoms with Crippen LogP contribution in [0.1, 0.15) is 52.3 Å². The van der Waals surface area contributed by atoms with Gasteiger partial charge in [-0.15, -0.1) is 0 Å². The van der Waals surface area contributed by atoms with E-state index in [1.54, 1.807) is 12.1 Å². The normalized spacial score (nSPS) is 16.4. The van der Waals surface area contributed by atoms with E-state index in [1.807, 2.05) is 35.4 Å². The van der Waals surface area contributed by atoms with Gasteiger partial charge in [0, 0.05) is 49.6 Å². The number of fused-ring (bicyclic) bond motifs is 1. The van der Waals surface area contributed by atoms with Crippen molar-refractivity contribution in [3.8, 4) is 11.1 Å². The maximum Gasteiger partial charge on any atom is 0.270 e. The van der Waals surface area contributed by atoms with E-state index < -0.39 is 0 Å². The summed E-state index contributed by atoms with van der Waals surface area (Å²) in [7, 11) is 0. The van der Waals surface area contributed by atoms with Crippen molar-refractivity contribution in [3.05, 3.63) is 80.8 Å². The van der Waals surface area contributed by atoms with Gasteiger partial charge in [-0.3, -0.25) is 9.59 Å². The number of benzene rings is 1. The Balaban J connectivity index is 1.51. The summed E-state index contributed by atoms with van der Waals surface area (Å²) < 4.78 is 15.9. The molecule has 2 aliphatic rings. The van der Waals surface area contributed by atoms with Crippen molar-refractivity contribution in [1.82, 2.24) is 19.4 Å². The lowest BCUT2D eigenvalue weighted by Gasteiger charge is -2.32. The molecule has 5 rings (SSSR count). The van der Waals surface area contributed by atoms with Crippen LogP contribution in [-0.4, -0.2) is 51.4 Å². The minimum absolute atomic E-state index is 0.0281. The van der Waals surface area contributed by atoms with Crippen molar-refractivity contribution in [2.24, 2.45) is 0 Å². The smallest absolute Gasteiger partial charge is 0.270 e. The molecule has 1 amide bonds. The van der Waals surface area contributed by atoms with Crippen LogP contribution in [0.25, 0.3) is 11.1 Å². The van der Waals surface area contributed by atoms with E-state index in [2.05, 4.69) is 9.88 Å². The number of amides is 1. The number of halogens is 1. The number of nitrogens with zero attached hydrogens (tertiary/aromatic N) is 3. The highest BCUT2D eigenvalue weighted by molar-refractivity contribution is 5.94. The Labute approximate surface area is 205 Å². The molecule has 7 heteroatoms. The zero-order valence-electron chi connectivity index (χ0n) is 20.6. The van der Waals surface area contributed by atoms with Crippen LogP contribution in [0.4, 0.5) is 4.39 Å². The number of piperidine rings is 1. The SMILES string of the molecule is Cc1cc(C)c(C(=O)N2CCc3c(cc(-c4cccc(F)c4)c(=O)n3CCN3CCCCC3)C2)[nH]1. The molecule has 0 atom stereocenters. The minimum Gasteiger partial charge on any atom is -0.354 e. The first-order chi connectivity index (χ1) is 16.9. The van der Waals surface area contributed by atoms with Crippen LogP contribution in [0.5, 0.6) is 0 Å². The highest BCUT2D eigenvalue weighted by atomic mass is 19.1. The molecule has 0 unspecified atom stereocenters. The lowest BCUT2D eigenvalue weighted by molar-refractivity contribution is 0.0725. The quantitative estimate of drug-likeness (QED) is 0.598. The zero-order chi connectivity index (χ0) is 24.5. The number of rotatable bonds is 5. The second-order valence-corrected chi connectivity index (χ2v) is 9.89. The molecule has 0 spiro atoms. The molecule has 0 saturated carbocycles. The molecule has 6 nitrogen and oxygen atoms in total. The molecule has 0 radical (unpaired) electrons. The first kappa shape index (κ1) is 23.5. The van der Waals surface area contributed by atoms with E-state index in [4.69, 9.17) is 0 Å². The Morgan fingerprint density at radius 3 is 2.54 bits per heavy atom. The topological polar surface area (TPSA) is 61.3 Å². The molecule has 4 heterocycles. The van der Waals surface area contributed by atoms with Crippen LogP contribution in [-0.2, 0) is 19.5 Å². The molecular formula is C28H33FN4O2. The summed E-state index contributed by atoms with van der Waals surface area (Å²) in [5.41, 5.74) is 5.45. The fraction of sp³-hybridized carbons (Fsp3) is 0.429. The maximum absolute atomic E-state index is 14.0. The third kappa shape index (κ3) is 4.82. The van der Waals surface area contributed by atoms with Gasteiger partial charge in [0.25, 0.3) is 11.5 Å². The van der Waals surface area contributed by atoms with Crippen LogP contribution in [0, 0.1) is 19.7 Å². The third-order valence-corrected chi connectivity index (χ3v) is 7.35. The molecule has 1 fully saturated rings. The number of carbonyl (C=O) groups excluding carboxylic acids is 1. The van der Waals surface area contributed by atoms with Crippen molar-refractivity contribution in [3.63, 3.8) is 0 Å². The Bertz CT molecular complexity index is 1300. The Morgan fingerprint density at radius 2 is 1.83 bits per heavy atom. The van der Waals surface area contributed by atoms with Gasteiger partial charge >= 0.3 is 0 Å². The van der Waals surface area contributed by atoms with E-state index in [0.717, 1.165) is 42.1 Å². The predicted molar refractivity (Wildman–Crippen MR) is 135 cm³/mol. The van der Waals surface area contributed by atoms with Crippen LogP contribution in [0.15, 0.2) is 41.2 Å². The third-order valence-electron chi connectivity index (χ3n) is 7.35. The lowest BCUT2D eigenvalue weighted by Crippen LogP contribution is -2.41. The zero-order valence-corrected chi connectivity index (χ0v) is 20.6.